The lowest BCUT2D eigenvalue weighted by Gasteiger charge is -2.44. The fourth-order valence-corrected chi connectivity index (χ4v) is 4.12. The van der Waals surface area contributed by atoms with Crippen LogP contribution in [0, 0.1) is 5.92 Å². The number of likely N-dealkylation sites (tertiary alicyclic amines) is 1. The average Bonchev–Trinajstić information content (AvgIpc) is 2.59. The summed E-state index contributed by atoms with van der Waals surface area (Å²) in [6, 6.07) is 4.91. The van der Waals surface area contributed by atoms with Crippen LogP contribution in [0.5, 0.6) is 0 Å². The Labute approximate surface area is 147 Å². The van der Waals surface area contributed by atoms with Gasteiger partial charge in [0.25, 0.3) is 5.91 Å². The van der Waals surface area contributed by atoms with Crippen molar-refractivity contribution in [3.63, 3.8) is 0 Å². The molecule has 1 aromatic carbocycles. The van der Waals surface area contributed by atoms with Crippen molar-refractivity contribution in [2.24, 2.45) is 5.92 Å². The zero-order chi connectivity index (χ0) is 17.1. The fraction of sp³-hybridized carbons (Fsp3) is 0.556. The number of benzene rings is 1. The summed E-state index contributed by atoms with van der Waals surface area (Å²) in [4.78, 5) is 26.6. The number of ether oxygens (including phenoxy) is 1. The standard InChI is InChI=1S/C18H23ClN2O3/c19-13-7-8-14(15(20)10-13)18(23)24-11-17(22)21-9-3-5-12-4-1-2-6-16(12)21/h7-8,10,12,16H,1-6,9,11,20H2/t12-,16+/m1/s1. The maximum absolute atomic E-state index is 12.5. The summed E-state index contributed by atoms with van der Waals surface area (Å²) >= 11 is 5.82. The fourth-order valence-electron chi connectivity index (χ4n) is 3.94. The Morgan fingerprint density at radius 2 is 1.96 bits per heavy atom. The molecule has 3 rings (SSSR count). The maximum atomic E-state index is 12.5. The molecule has 0 spiro atoms. The Morgan fingerprint density at radius 1 is 1.21 bits per heavy atom. The molecule has 1 aromatic rings. The van der Waals surface area contributed by atoms with E-state index in [1.54, 1.807) is 6.07 Å². The largest absolute Gasteiger partial charge is 0.452 e. The van der Waals surface area contributed by atoms with Crippen LogP contribution in [0.3, 0.4) is 0 Å². The number of halogens is 1. The molecule has 0 unspecified atom stereocenters. The lowest BCUT2D eigenvalue weighted by atomic mass is 9.78. The van der Waals surface area contributed by atoms with E-state index in [4.69, 9.17) is 22.1 Å². The van der Waals surface area contributed by atoms with E-state index >= 15 is 0 Å². The number of nitrogens with zero attached hydrogens (tertiary/aromatic N) is 1. The van der Waals surface area contributed by atoms with E-state index in [1.165, 1.54) is 37.8 Å². The van der Waals surface area contributed by atoms with Crippen LogP contribution in [-0.2, 0) is 9.53 Å². The number of piperidine rings is 1. The normalized spacial score (nSPS) is 23.5. The van der Waals surface area contributed by atoms with Gasteiger partial charge >= 0.3 is 5.97 Å². The number of fused-ring (bicyclic) bond motifs is 1. The molecule has 24 heavy (non-hydrogen) atoms. The number of hydrogen-bond donors (Lipinski definition) is 1. The van der Waals surface area contributed by atoms with Crippen molar-refractivity contribution in [1.82, 2.24) is 4.90 Å². The molecule has 5 nitrogen and oxygen atoms in total. The maximum Gasteiger partial charge on any atom is 0.340 e. The van der Waals surface area contributed by atoms with Crippen LogP contribution in [0.15, 0.2) is 18.2 Å². The molecule has 1 saturated heterocycles. The number of rotatable bonds is 3. The van der Waals surface area contributed by atoms with Crippen molar-refractivity contribution >= 4 is 29.2 Å². The summed E-state index contributed by atoms with van der Waals surface area (Å²) < 4.78 is 5.19. The van der Waals surface area contributed by atoms with E-state index < -0.39 is 5.97 Å². The number of carbonyl (C=O) groups excluding carboxylic acids is 2. The van der Waals surface area contributed by atoms with Crippen LogP contribution < -0.4 is 5.73 Å². The van der Waals surface area contributed by atoms with Gasteiger partial charge in [0.2, 0.25) is 0 Å². The second-order valence-corrected chi connectivity index (χ2v) is 7.09. The Bertz CT molecular complexity index is 633. The first-order chi connectivity index (χ1) is 11.6. The molecule has 0 radical (unpaired) electrons. The third kappa shape index (κ3) is 3.66. The topological polar surface area (TPSA) is 72.6 Å². The van der Waals surface area contributed by atoms with Gasteiger partial charge in [-0.25, -0.2) is 4.79 Å². The molecule has 6 heteroatoms. The summed E-state index contributed by atoms with van der Waals surface area (Å²) in [6.07, 6.45) is 6.94. The average molecular weight is 351 g/mol. The highest BCUT2D eigenvalue weighted by Gasteiger charge is 2.35. The summed E-state index contributed by atoms with van der Waals surface area (Å²) in [5, 5.41) is 0.455. The molecule has 1 heterocycles. The van der Waals surface area contributed by atoms with Gasteiger partial charge in [0.15, 0.2) is 6.61 Å². The molecule has 0 bridgehead atoms. The molecule has 2 atom stereocenters. The molecule has 1 aliphatic carbocycles. The van der Waals surface area contributed by atoms with Gasteiger partial charge in [0.1, 0.15) is 0 Å². The second-order valence-electron chi connectivity index (χ2n) is 6.65. The Kier molecular flexibility index (Phi) is 5.29. The molecule has 2 N–H and O–H groups in total. The number of esters is 1. The van der Waals surface area contributed by atoms with E-state index in [-0.39, 0.29) is 23.8 Å². The van der Waals surface area contributed by atoms with Crippen molar-refractivity contribution in [1.29, 1.82) is 0 Å². The van der Waals surface area contributed by atoms with Crippen molar-refractivity contribution in [3.8, 4) is 0 Å². The predicted molar refractivity (Wildman–Crippen MR) is 92.8 cm³/mol. The first-order valence-corrected chi connectivity index (χ1v) is 8.95. The molecular formula is C18H23ClN2O3. The van der Waals surface area contributed by atoms with E-state index in [0.717, 1.165) is 19.4 Å². The smallest absolute Gasteiger partial charge is 0.340 e. The summed E-state index contributed by atoms with van der Waals surface area (Å²) in [5.41, 5.74) is 6.27. The minimum Gasteiger partial charge on any atom is -0.452 e. The van der Waals surface area contributed by atoms with Crippen molar-refractivity contribution in [2.45, 2.75) is 44.6 Å². The molecular weight excluding hydrogens is 328 g/mol. The minimum atomic E-state index is -0.588. The van der Waals surface area contributed by atoms with Crippen LogP contribution in [0.1, 0.15) is 48.9 Å². The summed E-state index contributed by atoms with van der Waals surface area (Å²) in [6.45, 7) is 0.532. The number of carbonyl (C=O) groups is 2. The van der Waals surface area contributed by atoms with E-state index in [9.17, 15) is 9.59 Å². The van der Waals surface area contributed by atoms with Gasteiger partial charge in [0, 0.05) is 23.3 Å². The van der Waals surface area contributed by atoms with Crippen molar-refractivity contribution < 1.29 is 14.3 Å². The van der Waals surface area contributed by atoms with Crippen LogP contribution in [-0.4, -0.2) is 36.0 Å². The molecule has 0 aromatic heterocycles. The highest BCUT2D eigenvalue weighted by atomic mass is 35.5. The van der Waals surface area contributed by atoms with Gasteiger partial charge in [-0.1, -0.05) is 24.4 Å². The highest BCUT2D eigenvalue weighted by molar-refractivity contribution is 6.31. The van der Waals surface area contributed by atoms with Gasteiger partial charge in [-0.2, -0.15) is 0 Å². The van der Waals surface area contributed by atoms with Crippen LogP contribution in [0.2, 0.25) is 5.02 Å². The third-order valence-electron chi connectivity index (χ3n) is 5.12. The Balaban J connectivity index is 1.59. The summed E-state index contributed by atoms with van der Waals surface area (Å²) in [5.74, 6) is -0.0822. The van der Waals surface area contributed by atoms with Crippen molar-refractivity contribution in [2.75, 3.05) is 18.9 Å². The third-order valence-corrected chi connectivity index (χ3v) is 5.36. The zero-order valence-corrected chi connectivity index (χ0v) is 14.4. The van der Waals surface area contributed by atoms with E-state index in [2.05, 4.69) is 0 Å². The molecule has 1 aliphatic heterocycles. The van der Waals surface area contributed by atoms with E-state index in [1.807, 2.05) is 4.90 Å². The quantitative estimate of drug-likeness (QED) is 0.670. The van der Waals surface area contributed by atoms with Crippen LogP contribution in [0.25, 0.3) is 0 Å². The van der Waals surface area contributed by atoms with Gasteiger partial charge < -0.3 is 15.4 Å². The number of anilines is 1. The van der Waals surface area contributed by atoms with E-state index in [0.29, 0.717) is 17.0 Å². The van der Waals surface area contributed by atoms with Crippen LogP contribution in [0.4, 0.5) is 5.69 Å². The van der Waals surface area contributed by atoms with Crippen LogP contribution >= 0.6 is 11.6 Å². The summed E-state index contributed by atoms with van der Waals surface area (Å²) in [7, 11) is 0. The minimum absolute atomic E-state index is 0.104. The molecule has 2 aliphatic rings. The SMILES string of the molecule is Nc1cc(Cl)ccc1C(=O)OCC(=O)N1CCC[C@H]2CCCC[C@@H]21. The first kappa shape index (κ1) is 17.1. The Hall–Kier alpha value is -1.75. The molecule has 130 valence electrons. The number of nitrogens with two attached hydrogens (primary N) is 1. The van der Waals surface area contributed by atoms with Crippen molar-refractivity contribution in [3.05, 3.63) is 28.8 Å². The number of hydrogen-bond acceptors (Lipinski definition) is 4. The molecule has 2 fully saturated rings. The van der Waals surface area contributed by atoms with Gasteiger partial charge in [-0.3, -0.25) is 4.79 Å². The molecule has 1 saturated carbocycles. The lowest BCUT2D eigenvalue weighted by molar-refractivity contribution is -0.140. The molecule has 1 amide bonds. The first-order valence-electron chi connectivity index (χ1n) is 8.58. The monoisotopic (exact) mass is 350 g/mol. The lowest BCUT2D eigenvalue weighted by Crippen LogP contribution is -2.50. The zero-order valence-electron chi connectivity index (χ0n) is 13.7. The highest BCUT2D eigenvalue weighted by Crippen LogP contribution is 2.35. The predicted octanol–water partition coefficient (Wildman–Crippen LogP) is 3.26. The van der Waals surface area contributed by atoms with Gasteiger partial charge in [-0.05, 0) is 49.8 Å². The number of amides is 1. The Morgan fingerprint density at radius 3 is 2.75 bits per heavy atom. The second kappa shape index (κ2) is 7.43. The van der Waals surface area contributed by atoms with Gasteiger partial charge in [0.05, 0.1) is 5.56 Å². The number of nitrogen functional groups attached to an aromatic ring is 1. The van der Waals surface area contributed by atoms with Gasteiger partial charge in [-0.15, -0.1) is 0 Å².